The van der Waals surface area contributed by atoms with Gasteiger partial charge in [0, 0.05) is 24.7 Å². The summed E-state index contributed by atoms with van der Waals surface area (Å²) in [6.45, 7) is 3.43. The zero-order valence-electron chi connectivity index (χ0n) is 11.5. The Labute approximate surface area is 114 Å². The number of nitrogens with zero attached hydrogens (tertiary/aromatic N) is 1. The summed E-state index contributed by atoms with van der Waals surface area (Å²) < 4.78 is 0. The lowest BCUT2D eigenvalue weighted by molar-refractivity contribution is 0.0190. The van der Waals surface area contributed by atoms with E-state index in [2.05, 4.69) is 34.9 Å². The average Bonchev–Trinajstić information content (AvgIpc) is 2.75. The maximum absolute atomic E-state index is 3.50. The van der Waals surface area contributed by atoms with Crippen LogP contribution < -0.4 is 5.32 Å². The quantitative estimate of drug-likeness (QED) is 0.902. The molecule has 2 saturated heterocycles. The minimum atomic E-state index is 0.750. The van der Waals surface area contributed by atoms with Crippen LogP contribution in [0.4, 0.5) is 0 Å². The fraction of sp³-hybridized carbons (Fsp3) is 0.733. The third-order valence-electron chi connectivity index (χ3n) is 4.85. The third-order valence-corrected chi connectivity index (χ3v) is 5.76. The van der Waals surface area contributed by atoms with Gasteiger partial charge in [-0.15, -0.1) is 0 Å². The summed E-state index contributed by atoms with van der Waals surface area (Å²) in [4.78, 5) is 2.80. The van der Waals surface area contributed by atoms with Gasteiger partial charge in [-0.25, -0.2) is 0 Å². The Morgan fingerprint density at radius 2 is 2.00 bits per heavy atom. The molecule has 2 bridgehead atoms. The Morgan fingerprint density at radius 3 is 2.56 bits per heavy atom. The van der Waals surface area contributed by atoms with E-state index in [9.17, 15) is 0 Å². The molecule has 2 fully saturated rings. The molecule has 0 amide bonds. The van der Waals surface area contributed by atoms with Crippen molar-refractivity contribution >= 4 is 11.3 Å². The minimum absolute atomic E-state index is 0.750. The van der Waals surface area contributed by atoms with Crippen LogP contribution in [0.5, 0.6) is 0 Å². The molecule has 2 nitrogen and oxygen atoms in total. The molecule has 0 radical (unpaired) electrons. The summed E-state index contributed by atoms with van der Waals surface area (Å²) >= 11 is 1.85. The van der Waals surface area contributed by atoms with Crippen LogP contribution in [0.15, 0.2) is 10.8 Å². The van der Waals surface area contributed by atoms with Crippen molar-refractivity contribution in [3.8, 4) is 0 Å². The lowest BCUT2D eigenvalue weighted by atomic mass is 9.81. The van der Waals surface area contributed by atoms with Crippen molar-refractivity contribution in [1.29, 1.82) is 0 Å². The Bertz CT molecular complexity index is 387. The monoisotopic (exact) mass is 264 g/mol. The number of fused-ring (bicyclic) bond motifs is 2. The predicted molar refractivity (Wildman–Crippen MR) is 78.1 cm³/mol. The van der Waals surface area contributed by atoms with E-state index < -0.39 is 0 Å². The van der Waals surface area contributed by atoms with E-state index >= 15 is 0 Å². The third kappa shape index (κ3) is 2.36. The zero-order valence-corrected chi connectivity index (χ0v) is 12.3. The van der Waals surface area contributed by atoms with Gasteiger partial charge in [0.2, 0.25) is 0 Å². The molecule has 18 heavy (non-hydrogen) atoms. The van der Waals surface area contributed by atoms with Gasteiger partial charge in [0.15, 0.2) is 0 Å². The molecule has 1 N–H and O–H groups in total. The van der Waals surface area contributed by atoms with E-state index in [1.54, 1.807) is 5.56 Å². The number of nitrogens with one attached hydrogen (secondary N) is 1. The molecule has 2 atom stereocenters. The predicted octanol–water partition coefficient (Wildman–Crippen LogP) is 3.16. The average molecular weight is 264 g/mol. The smallest absolute Gasteiger partial charge is 0.0250 e. The maximum atomic E-state index is 3.50. The topological polar surface area (TPSA) is 15.3 Å². The normalized spacial score (nSPS) is 32.7. The summed E-state index contributed by atoms with van der Waals surface area (Å²) in [7, 11) is 2.12. The molecular weight excluding hydrogens is 240 g/mol. The first-order valence-corrected chi connectivity index (χ1v) is 8.17. The highest BCUT2D eigenvalue weighted by Crippen LogP contribution is 2.35. The molecule has 1 aromatic heterocycles. The Balaban J connectivity index is 1.74. The summed E-state index contributed by atoms with van der Waals surface area (Å²) in [5.41, 5.74) is 3.04. The highest BCUT2D eigenvalue weighted by atomic mass is 32.1. The van der Waals surface area contributed by atoms with Crippen LogP contribution in [-0.4, -0.2) is 30.1 Å². The van der Waals surface area contributed by atoms with Crippen LogP contribution in [0.25, 0.3) is 0 Å². The molecule has 0 aliphatic carbocycles. The molecule has 0 spiro atoms. The van der Waals surface area contributed by atoms with Crippen LogP contribution in [0.1, 0.15) is 43.2 Å². The molecule has 0 saturated carbocycles. The fourth-order valence-corrected chi connectivity index (χ4v) is 4.57. The van der Waals surface area contributed by atoms with Gasteiger partial charge >= 0.3 is 0 Å². The molecule has 3 rings (SSSR count). The van der Waals surface area contributed by atoms with Gasteiger partial charge < -0.3 is 5.32 Å². The second-order valence-corrected chi connectivity index (χ2v) is 6.69. The van der Waals surface area contributed by atoms with Gasteiger partial charge in [-0.3, -0.25) is 4.90 Å². The van der Waals surface area contributed by atoms with Crippen molar-refractivity contribution in [2.45, 2.75) is 63.7 Å². The molecule has 1 aromatic rings. The Hall–Kier alpha value is -0.380. The fourth-order valence-electron chi connectivity index (χ4n) is 3.72. The van der Waals surface area contributed by atoms with E-state index in [-0.39, 0.29) is 0 Å². The molecule has 3 heterocycles. The van der Waals surface area contributed by atoms with E-state index in [4.69, 9.17) is 0 Å². The van der Waals surface area contributed by atoms with Crippen LogP contribution >= 0.6 is 11.3 Å². The zero-order chi connectivity index (χ0) is 12.5. The minimum Gasteiger partial charge on any atom is -0.317 e. The van der Waals surface area contributed by atoms with Crippen molar-refractivity contribution in [2.24, 2.45) is 0 Å². The number of hydrogen-bond acceptors (Lipinski definition) is 3. The Kier molecular flexibility index (Phi) is 3.73. The van der Waals surface area contributed by atoms with Gasteiger partial charge in [-0.1, -0.05) is 6.42 Å². The first-order valence-electron chi connectivity index (χ1n) is 7.22. The first-order chi connectivity index (χ1) is 8.78. The molecule has 2 aliphatic heterocycles. The molecule has 0 aromatic carbocycles. The molecule has 2 unspecified atom stereocenters. The van der Waals surface area contributed by atoms with E-state index in [0.29, 0.717) is 0 Å². The van der Waals surface area contributed by atoms with E-state index in [0.717, 1.165) is 18.1 Å². The summed E-state index contributed by atoms with van der Waals surface area (Å²) in [5.74, 6) is 0. The number of aryl methyl sites for hydroxylation is 1. The summed E-state index contributed by atoms with van der Waals surface area (Å²) in [6, 6.07) is 2.38. The van der Waals surface area contributed by atoms with Gasteiger partial charge in [-0.2, -0.15) is 11.3 Å². The highest BCUT2D eigenvalue weighted by molar-refractivity contribution is 7.08. The highest BCUT2D eigenvalue weighted by Gasteiger charge is 2.37. The summed E-state index contributed by atoms with van der Waals surface area (Å²) in [5, 5.41) is 8.12. The maximum Gasteiger partial charge on any atom is 0.0250 e. The number of hydrogen-bond donors (Lipinski definition) is 1. The first kappa shape index (κ1) is 12.6. The van der Waals surface area contributed by atoms with E-state index in [1.165, 1.54) is 44.2 Å². The van der Waals surface area contributed by atoms with Crippen LogP contribution in [0.2, 0.25) is 0 Å². The van der Waals surface area contributed by atoms with Gasteiger partial charge in [0.25, 0.3) is 0 Å². The second kappa shape index (κ2) is 5.32. The largest absolute Gasteiger partial charge is 0.317 e. The van der Waals surface area contributed by atoms with Crippen LogP contribution in [0.3, 0.4) is 0 Å². The lowest BCUT2D eigenvalue weighted by Crippen LogP contribution is -2.55. The van der Waals surface area contributed by atoms with Crippen LogP contribution in [-0.2, 0) is 6.54 Å². The lowest BCUT2D eigenvalue weighted by Gasteiger charge is -2.49. The van der Waals surface area contributed by atoms with Crippen molar-refractivity contribution in [2.75, 3.05) is 7.05 Å². The van der Waals surface area contributed by atoms with Gasteiger partial charge in [0.1, 0.15) is 0 Å². The van der Waals surface area contributed by atoms with Crippen molar-refractivity contribution in [3.63, 3.8) is 0 Å². The van der Waals surface area contributed by atoms with Gasteiger partial charge in [-0.05, 0) is 61.5 Å². The van der Waals surface area contributed by atoms with Gasteiger partial charge in [0.05, 0.1) is 0 Å². The molecular formula is C15H24N2S. The molecule has 2 aliphatic rings. The standard InChI is InChI=1S/C15H24N2S/c1-11-9-18-10-12(11)8-17-14-4-3-5-15(17)7-13(6-14)16-2/h9-10,13-16H,3-8H2,1-2H3. The van der Waals surface area contributed by atoms with E-state index in [1.807, 2.05) is 11.3 Å². The number of rotatable bonds is 3. The SMILES string of the molecule is CNC1CC2CCCC(C1)N2Cc1cscc1C. The van der Waals surface area contributed by atoms with Crippen molar-refractivity contribution < 1.29 is 0 Å². The van der Waals surface area contributed by atoms with Crippen LogP contribution in [0, 0.1) is 6.92 Å². The molecule has 100 valence electrons. The Morgan fingerprint density at radius 1 is 1.28 bits per heavy atom. The second-order valence-electron chi connectivity index (χ2n) is 5.95. The van der Waals surface area contributed by atoms with Crippen molar-refractivity contribution in [3.05, 3.63) is 21.9 Å². The number of piperidine rings is 2. The van der Waals surface area contributed by atoms with Crippen molar-refractivity contribution in [1.82, 2.24) is 10.2 Å². The molecule has 3 heteroatoms. The number of thiophene rings is 1. The summed E-state index contributed by atoms with van der Waals surface area (Å²) in [6.07, 6.45) is 6.92.